The van der Waals surface area contributed by atoms with Gasteiger partial charge in [-0.25, -0.2) is 4.79 Å². The van der Waals surface area contributed by atoms with E-state index in [1.165, 1.54) is 0 Å². The first kappa shape index (κ1) is 18.0. The maximum atomic E-state index is 11.7. The zero-order valence-corrected chi connectivity index (χ0v) is 14.9. The topological polar surface area (TPSA) is 77.1 Å². The highest BCUT2D eigenvalue weighted by molar-refractivity contribution is 6.00. The van der Waals surface area contributed by atoms with Crippen LogP contribution >= 0.6 is 0 Å². The molecule has 5 heteroatoms. The summed E-state index contributed by atoms with van der Waals surface area (Å²) in [5, 5.41) is 18.9. The minimum Gasteiger partial charge on any atom is -0.460 e. The molecule has 0 unspecified atom stereocenters. The van der Waals surface area contributed by atoms with Crippen molar-refractivity contribution in [2.24, 2.45) is 0 Å². The van der Waals surface area contributed by atoms with Crippen LogP contribution in [0.4, 0.5) is 11.4 Å². The Labute approximate surface area is 158 Å². The number of nitriles is 2. The molecule has 0 saturated heterocycles. The number of para-hydroxylation sites is 2. The maximum Gasteiger partial charge on any atom is 0.333 e. The van der Waals surface area contributed by atoms with E-state index in [1.54, 1.807) is 6.92 Å². The molecule has 0 saturated carbocycles. The van der Waals surface area contributed by atoms with Crippen molar-refractivity contribution in [2.75, 3.05) is 18.1 Å². The van der Waals surface area contributed by atoms with Crippen molar-refractivity contribution in [3.8, 4) is 12.1 Å². The number of carbonyl (C=O) groups excluding carboxylic acids is 1. The number of benzene rings is 2. The van der Waals surface area contributed by atoms with E-state index in [-0.39, 0.29) is 12.2 Å². The van der Waals surface area contributed by atoms with Crippen LogP contribution in [0.5, 0.6) is 0 Å². The lowest BCUT2D eigenvalue weighted by Crippen LogP contribution is -2.28. The highest BCUT2D eigenvalue weighted by atomic mass is 16.5. The fourth-order valence-corrected chi connectivity index (χ4v) is 3.12. The first-order chi connectivity index (χ1) is 13.1. The highest BCUT2D eigenvalue weighted by Crippen LogP contribution is 2.45. The molecule has 27 heavy (non-hydrogen) atoms. The number of rotatable bonds is 4. The highest BCUT2D eigenvalue weighted by Gasteiger charge is 2.28. The van der Waals surface area contributed by atoms with Crippen LogP contribution in [0.1, 0.15) is 18.1 Å². The molecule has 1 heterocycles. The van der Waals surface area contributed by atoms with E-state index in [9.17, 15) is 15.3 Å². The second-order valence-corrected chi connectivity index (χ2v) is 6.08. The van der Waals surface area contributed by atoms with Crippen molar-refractivity contribution in [1.29, 1.82) is 10.5 Å². The Balaban J connectivity index is 2.08. The van der Waals surface area contributed by atoms with Gasteiger partial charge in [-0.15, -0.1) is 0 Å². The summed E-state index contributed by atoms with van der Waals surface area (Å²) in [5.74, 6) is -0.426. The van der Waals surface area contributed by atoms with Crippen molar-refractivity contribution in [3.63, 3.8) is 0 Å². The van der Waals surface area contributed by atoms with Gasteiger partial charge in [0.1, 0.15) is 24.3 Å². The van der Waals surface area contributed by atoms with Crippen molar-refractivity contribution < 1.29 is 9.53 Å². The maximum absolute atomic E-state index is 11.7. The van der Waals surface area contributed by atoms with Crippen molar-refractivity contribution in [3.05, 3.63) is 77.4 Å². The normalized spacial score (nSPS) is 11.5. The molecule has 0 aromatic heterocycles. The van der Waals surface area contributed by atoms with E-state index >= 15 is 0 Å². The number of esters is 1. The molecule has 0 aliphatic carbocycles. The van der Waals surface area contributed by atoms with Crippen LogP contribution in [0.3, 0.4) is 0 Å². The van der Waals surface area contributed by atoms with Gasteiger partial charge in [0.2, 0.25) is 0 Å². The third-order valence-electron chi connectivity index (χ3n) is 4.30. The summed E-state index contributed by atoms with van der Waals surface area (Å²) in [7, 11) is 0. The van der Waals surface area contributed by atoms with Gasteiger partial charge in [-0.05, 0) is 19.1 Å². The predicted molar refractivity (Wildman–Crippen MR) is 103 cm³/mol. The van der Waals surface area contributed by atoms with E-state index in [2.05, 4.69) is 6.58 Å². The molecule has 0 spiro atoms. The van der Waals surface area contributed by atoms with Crippen LogP contribution in [-0.2, 0) is 9.53 Å². The van der Waals surface area contributed by atoms with Crippen LogP contribution < -0.4 is 4.90 Å². The predicted octanol–water partition coefficient (Wildman–Crippen LogP) is 4.11. The molecule has 5 nitrogen and oxygen atoms in total. The average molecular weight is 355 g/mol. The number of anilines is 2. The molecule has 0 fully saturated rings. The molecule has 2 aromatic rings. The van der Waals surface area contributed by atoms with Gasteiger partial charge in [0.05, 0.1) is 6.54 Å². The smallest absolute Gasteiger partial charge is 0.333 e. The van der Waals surface area contributed by atoms with Gasteiger partial charge >= 0.3 is 5.97 Å². The Hall–Kier alpha value is -3.83. The zero-order valence-electron chi connectivity index (χ0n) is 14.9. The quantitative estimate of drug-likeness (QED) is 0.469. The summed E-state index contributed by atoms with van der Waals surface area (Å²) in [4.78, 5) is 13.7. The SMILES string of the molecule is C=C(C)C(=O)OCCN1c2ccccc2C(=C(C#N)C#N)c2ccccc21. The zero-order chi connectivity index (χ0) is 19.4. The first-order valence-corrected chi connectivity index (χ1v) is 8.42. The van der Waals surface area contributed by atoms with Gasteiger partial charge in [0, 0.05) is 33.6 Å². The Morgan fingerprint density at radius 2 is 1.56 bits per heavy atom. The molecule has 3 rings (SSSR count). The molecule has 0 radical (unpaired) electrons. The summed E-state index contributed by atoms with van der Waals surface area (Å²) in [6.45, 7) is 5.82. The third kappa shape index (κ3) is 3.31. The van der Waals surface area contributed by atoms with Gasteiger partial charge < -0.3 is 9.64 Å². The van der Waals surface area contributed by atoms with Crippen LogP contribution in [0.2, 0.25) is 0 Å². The average Bonchev–Trinajstić information content (AvgIpc) is 2.69. The summed E-state index contributed by atoms with van der Waals surface area (Å²) < 4.78 is 5.26. The lowest BCUT2D eigenvalue weighted by molar-refractivity contribution is -0.138. The summed E-state index contributed by atoms with van der Waals surface area (Å²) >= 11 is 0. The molecule has 0 amide bonds. The van der Waals surface area contributed by atoms with Crippen molar-refractivity contribution >= 4 is 22.9 Å². The Morgan fingerprint density at radius 1 is 1.04 bits per heavy atom. The van der Waals surface area contributed by atoms with Crippen LogP contribution in [0.15, 0.2) is 66.3 Å². The van der Waals surface area contributed by atoms with E-state index in [1.807, 2.05) is 65.6 Å². The molecule has 1 aliphatic heterocycles. The molecular weight excluding hydrogens is 338 g/mol. The number of ether oxygens (including phenoxy) is 1. The van der Waals surface area contributed by atoms with E-state index < -0.39 is 5.97 Å². The minimum absolute atomic E-state index is 0.0725. The fraction of sp³-hybridized carbons (Fsp3) is 0.136. The molecular formula is C22H17N3O2. The number of fused-ring (bicyclic) bond motifs is 2. The van der Waals surface area contributed by atoms with Crippen LogP contribution in [0.25, 0.3) is 5.57 Å². The Bertz CT molecular complexity index is 973. The van der Waals surface area contributed by atoms with Gasteiger partial charge in [0.25, 0.3) is 0 Å². The number of allylic oxidation sites excluding steroid dienone is 1. The fourth-order valence-electron chi connectivity index (χ4n) is 3.12. The minimum atomic E-state index is -0.426. The van der Waals surface area contributed by atoms with Gasteiger partial charge in [-0.2, -0.15) is 10.5 Å². The van der Waals surface area contributed by atoms with E-state index in [0.717, 1.165) is 22.5 Å². The lowest BCUT2D eigenvalue weighted by Gasteiger charge is -2.34. The molecule has 132 valence electrons. The van der Waals surface area contributed by atoms with Crippen molar-refractivity contribution in [2.45, 2.75) is 6.92 Å². The van der Waals surface area contributed by atoms with E-state index in [0.29, 0.717) is 17.7 Å². The Kier molecular flexibility index (Phi) is 5.06. The standard InChI is InChI=1S/C22H17N3O2/c1-15(2)22(26)27-12-11-25-19-9-5-3-7-17(19)21(16(13-23)14-24)18-8-4-6-10-20(18)25/h3-10H,1,11-12H2,2H3. The number of hydrogen-bond donors (Lipinski definition) is 0. The van der Waals surface area contributed by atoms with Crippen LogP contribution in [-0.4, -0.2) is 19.1 Å². The summed E-state index contributed by atoms with van der Waals surface area (Å²) in [6.07, 6.45) is 0. The summed E-state index contributed by atoms with van der Waals surface area (Å²) in [6, 6.07) is 19.2. The molecule has 2 aromatic carbocycles. The van der Waals surface area contributed by atoms with Gasteiger partial charge in [0.15, 0.2) is 0 Å². The lowest BCUT2D eigenvalue weighted by atomic mass is 9.87. The largest absolute Gasteiger partial charge is 0.460 e. The molecule has 0 bridgehead atoms. The number of hydrogen-bond acceptors (Lipinski definition) is 5. The van der Waals surface area contributed by atoms with Crippen LogP contribution in [0, 0.1) is 22.7 Å². The van der Waals surface area contributed by atoms with Gasteiger partial charge in [-0.3, -0.25) is 0 Å². The summed E-state index contributed by atoms with van der Waals surface area (Å²) in [5.41, 5.74) is 4.39. The second kappa shape index (κ2) is 7.59. The van der Waals surface area contributed by atoms with Crippen molar-refractivity contribution in [1.82, 2.24) is 0 Å². The third-order valence-corrected chi connectivity index (χ3v) is 4.30. The Morgan fingerprint density at radius 3 is 2.04 bits per heavy atom. The van der Waals surface area contributed by atoms with Gasteiger partial charge in [-0.1, -0.05) is 43.0 Å². The second-order valence-electron chi connectivity index (χ2n) is 6.08. The molecule has 1 aliphatic rings. The monoisotopic (exact) mass is 355 g/mol. The molecule has 0 N–H and O–H groups in total. The number of nitrogens with zero attached hydrogens (tertiary/aromatic N) is 3. The molecule has 0 atom stereocenters. The number of carbonyl (C=O) groups is 1. The first-order valence-electron chi connectivity index (χ1n) is 8.42. The van der Waals surface area contributed by atoms with E-state index in [4.69, 9.17) is 4.74 Å².